The Kier molecular flexibility index (Phi) is 6.05. The molecule has 0 radical (unpaired) electrons. The summed E-state index contributed by atoms with van der Waals surface area (Å²) in [5, 5.41) is 12.7. The number of carbonyl (C=O) groups is 2. The fourth-order valence-electron chi connectivity index (χ4n) is 3.93. The van der Waals surface area contributed by atoms with Crippen molar-refractivity contribution in [2.24, 2.45) is 0 Å². The topological polar surface area (TPSA) is 89.3 Å². The lowest BCUT2D eigenvalue weighted by molar-refractivity contribution is -0.137. The Bertz CT molecular complexity index is 1140. The molecule has 0 bridgehead atoms. The van der Waals surface area contributed by atoms with Crippen molar-refractivity contribution in [3.05, 3.63) is 44.9 Å². The monoisotopic (exact) mass is 477 g/mol. The molecule has 174 valence electrons. The van der Waals surface area contributed by atoms with Gasteiger partial charge in [-0.3, -0.25) is 9.59 Å². The first-order valence-corrected chi connectivity index (χ1v) is 11.3. The molecule has 1 saturated carbocycles. The van der Waals surface area contributed by atoms with E-state index < -0.39 is 23.3 Å². The van der Waals surface area contributed by atoms with Gasteiger partial charge in [0.25, 0.3) is 5.91 Å². The van der Waals surface area contributed by atoms with Crippen molar-refractivity contribution in [2.45, 2.75) is 44.9 Å². The van der Waals surface area contributed by atoms with Crippen LogP contribution in [0.4, 0.5) is 18.9 Å². The SMILES string of the molecule is Cc1nc(C)c(C(=O)N2CCN(c3ccc(C#N)c(C(F)(F)F)c3)CC2C(=O)NC2CC2)s1. The van der Waals surface area contributed by atoms with Crippen molar-refractivity contribution < 1.29 is 22.8 Å². The van der Waals surface area contributed by atoms with Gasteiger partial charge in [-0.25, -0.2) is 4.98 Å². The molecule has 1 aromatic carbocycles. The number of nitrogens with one attached hydrogen (secondary N) is 1. The summed E-state index contributed by atoms with van der Waals surface area (Å²) in [7, 11) is 0. The molecule has 0 spiro atoms. The van der Waals surface area contributed by atoms with Crippen molar-refractivity contribution in [1.29, 1.82) is 5.26 Å². The predicted octanol–water partition coefficient (Wildman–Crippen LogP) is 3.26. The van der Waals surface area contributed by atoms with Crippen LogP contribution in [-0.2, 0) is 11.0 Å². The fraction of sp³-hybridized carbons (Fsp3) is 0.455. The number of alkyl halides is 3. The van der Waals surface area contributed by atoms with Gasteiger partial charge in [0.05, 0.1) is 27.9 Å². The van der Waals surface area contributed by atoms with Gasteiger partial charge < -0.3 is 15.1 Å². The third-order valence-electron chi connectivity index (χ3n) is 5.76. The molecule has 2 fully saturated rings. The molecule has 2 aliphatic rings. The van der Waals surface area contributed by atoms with Crippen LogP contribution in [0.25, 0.3) is 0 Å². The van der Waals surface area contributed by atoms with E-state index in [4.69, 9.17) is 5.26 Å². The summed E-state index contributed by atoms with van der Waals surface area (Å²) >= 11 is 1.26. The van der Waals surface area contributed by atoms with Crippen molar-refractivity contribution >= 4 is 28.8 Å². The number of aromatic nitrogens is 1. The van der Waals surface area contributed by atoms with E-state index in [1.165, 1.54) is 22.3 Å². The molecule has 1 aromatic heterocycles. The zero-order chi connectivity index (χ0) is 23.9. The average Bonchev–Trinajstić information content (AvgIpc) is 3.52. The van der Waals surface area contributed by atoms with Gasteiger partial charge in [0.2, 0.25) is 5.91 Å². The standard InChI is InChI=1S/C22H22F3N5O2S/c1-12-19(33-13(2)27-12)21(32)30-8-7-29(11-18(30)20(31)28-15-4-5-15)16-6-3-14(10-26)17(9-16)22(23,24)25/h3,6,9,15,18H,4-5,7-8,11H2,1-2H3,(H,28,31). The number of thiazole rings is 1. The Morgan fingerprint density at radius 2 is 1.97 bits per heavy atom. The van der Waals surface area contributed by atoms with Gasteiger partial charge in [-0.2, -0.15) is 18.4 Å². The number of hydrogen-bond donors (Lipinski definition) is 1. The Balaban J connectivity index is 1.63. The van der Waals surface area contributed by atoms with E-state index in [1.54, 1.807) is 24.8 Å². The molecule has 7 nitrogen and oxygen atoms in total. The molecule has 2 aromatic rings. The number of hydrogen-bond acceptors (Lipinski definition) is 6. The Hall–Kier alpha value is -3.13. The second kappa shape index (κ2) is 8.67. The van der Waals surface area contributed by atoms with Gasteiger partial charge >= 0.3 is 6.18 Å². The molecule has 2 amide bonds. The summed E-state index contributed by atoms with van der Waals surface area (Å²) in [5.41, 5.74) is -0.634. The first-order chi connectivity index (χ1) is 15.6. The number of nitriles is 1. The summed E-state index contributed by atoms with van der Waals surface area (Å²) in [6, 6.07) is 4.30. The van der Waals surface area contributed by atoms with E-state index in [0.29, 0.717) is 10.6 Å². The maximum absolute atomic E-state index is 13.4. The van der Waals surface area contributed by atoms with Crippen LogP contribution in [0.2, 0.25) is 0 Å². The summed E-state index contributed by atoms with van der Waals surface area (Å²) in [5.74, 6) is -0.622. The van der Waals surface area contributed by atoms with Crippen LogP contribution in [0.1, 0.15) is 44.3 Å². The second-order valence-electron chi connectivity index (χ2n) is 8.23. The minimum atomic E-state index is -4.68. The molecule has 1 saturated heterocycles. The Morgan fingerprint density at radius 3 is 2.55 bits per heavy atom. The number of halogens is 3. The van der Waals surface area contributed by atoms with E-state index in [1.807, 2.05) is 0 Å². The van der Waals surface area contributed by atoms with Gasteiger partial charge in [-0.05, 0) is 44.9 Å². The molecule has 33 heavy (non-hydrogen) atoms. The molecule has 4 rings (SSSR count). The smallest absolute Gasteiger partial charge is 0.367 e. The van der Waals surface area contributed by atoms with Gasteiger partial charge in [-0.15, -0.1) is 11.3 Å². The van der Waals surface area contributed by atoms with Crippen LogP contribution in [0.3, 0.4) is 0 Å². The largest absolute Gasteiger partial charge is 0.417 e. The van der Waals surface area contributed by atoms with Crippen molar-refractivity contribution in [3.63, 3.8) is 0 Å². The zero-order valence-corrected chi connectivity index (χ0v) is 18.9. The number of aryl methyl sites for hydroxylation is 2. The maximum Gasteiger partial charge on any atom is 0.417 e. The Morgan fingerprint density at radius 1 is 1.24 bits per heavy atom. The molecular formula is C22H22F3N5O2S. The van der Waals surface area contributed by atoms with Gasteiger partial charge in [0.15, 0.2) is 0 Å². The molecule has 11 heteroatoms. The summed E-state index contributed by atoms with van der Waals surface area (Å²) in [6.45, 7) is 4.00. The molecule has 1 atom stereocenters. The highest BCUT2D eigenvalue weighted by atomic mass is 32.1. The van der Waals surface area contributed by atoms with Crippen LogP contribution in [-0.4, -0.2) is 53.4 Å². The first kappa shape index (κ1) is 23.0. The fourth-order valence-corrected chi connectivity index (χ4v) is 4.81. The second-order valence-corrected chi connectivity index (χ2v) is 9.43. The van der Waals surface area contributed by atoms with Gasteiger partial charge in [-0.1, -0.05) is 0 Å². The number of anilines is 1. The zero-order valence-electron chi connectivity index (χ0n) is 18.1. The van der Waals surface area contributed by atoms with Crippen molar-refractivity contribution in [1.82, 2.24) is 15.2 Å². The van der Waals surface area contributed by atoms with Crippen LogP contribution in [0.5, 0.6) is 0 Å². The number of rotatable bonds is 4. The van der Waals surface area contributed by atoms with E-state index >= 15 is 0 Å². The normalized spacial score (nSPS) is 18.7. The van der Waals surface area contributed by atoms with Gasteiger partial charge in [0, 0.05) is 31.4 Å². The van der Waals surface area contributed by atoms with Gasteiger partial charge in [0.1, 0.15) is 10.9 Å². The minimum Gasteiger partial charge on any atom is -0.367 e. The lowest BCUT2D eigenvalue weighted by atomic mass is 10.0. The number of carbonyl (C=O) groups excluding carboxylic acids is 2. The lowest BCUT2D eigenvalue weighted by Gasteiger charge is -2.41. The van der Waals surface area contributed by atoms with Crippen LogP contribution < -0.4 is 10.2 Å². The molecule has 2 heterocycles. The van der Waals surface area contributed by atoms with E-state index in [9.17, 15) is 22.8 Å². The van der Waals surface area contributed by atoms with E-state index in [-0.39, 0.29) is 43.2 Å². The minimum absolute atomic E-state index is 0.0460. The molecule has 1 aliphatic carbocycles. The predicted molar refractivity (Wildman–Crippen MR) is 116 cm³/mol. The van der Waals surface area contributed by atoms with E-state index in [2.05, 4.69) is 10.3 Å². The van der Waals surface area contributed by atoms with Crippen LogP contribution >= 0.6 is 11.3 Å². The third-order valence-corrected chi connectivity index (χ3v) is 6.82. The highest BCUT2D eigenvalue weighted by Crippen LogP contribution is 2.35. The van der Waals surface area contributed by atoms with E-state index in [0.717, 1.165) is 30.0 Å². The summed E-state index contributed by atoms with van der Waals surface area (Å²) in [6.07, 6.45) is -2.94. The van der Waals surface area contributed by atoms with Crippen LogP contribution in [0.15, 0.2) is 18.2 Å². The maximum atomic E-state index is 13.4. The van der Waals surface area contributed by atoms with Crippen molar-refractivity contribution in [2.75, 3.05) is 24.5 Å². The molecule has 1 aliphatic heterocycles. The number of piperazine rings is 1. The van der Waals surface area contributed by atoms with Crippen LogP contribution in [0, 0.1) is 25.2 Å². The first-order valence-electron chi connectivity index (χ1n) is 10.5. The average molecular weight is 478 g/mol. The highest BCUT2D eigenvalue weighted by Gasteiger charge is 2.40. The number of amides is 2. The molecular weight excluding hydrogens is 455 g/mol. The number of benzene rings is 1. The molecule has 1 unspecified atom stereocenters. The molecule has 1 N–H and O–H groups in total. The summed E-state index contributed by atoms with van der Waals surface area (Å²) < 4.78 is 40.3. The quantitative estimate of drug-likeness (QED) is 0.730. The lowest BCUT2D eigenvalue weighted by Crippen LogP contribution is -2.61. The highest BCUT2D eigenvalue weighted by molar-refractivity contribution is 7.13. The Labute approximate surface area is 192 Å². The third kappa shape index (κ3) is 4.80. The number of nitrogens with zero attached hydrogens (tertiary/aromatic N) is 4. The summed E-state index contributed by atoms with van der Waals surface area (Å²) in [4.78, 5) is 34.2. The van der Waals surface area contributed by atoms with Crippen molar-refractivity contribution in [3.8, 4) is 6.07 Å².